The van der Waals surface area contributed by atoms with Gasteiger partial charge in [0, 0.05) is 48.5 Å². The molecule has 1 saturated carbocycles. The van der Waals surface area contributed by atoms with Gasteiger partial charge in [0.1, 0.15) is 12.0 Å². The zero-order valence-electron chi connectivity index (χ0n) is 17.4. The molecule has 3 heterocycles. The van der Waals surface area contributed by atoms with Crippen molar-refractivity contribution in [3.05, 3.63) is 41.2 Å². The highest BCUT2D eigenvalue weighted by Gasteiger charge is 2.53. The Hall–Kier alpha value is -2.42. The first-order chi connectivity index (χ1) is 14.7. The first-order valence-corrected chi connectivity index (χ1v) is 10.7. The van der Waals surface area contributed by atoms with Crippen molar-refractivity contribution in [1.29, 1.82) is 0 Å². The number of halogens is 4. The van der Waals surface area contributed by atoms with Crippen LogP contribution in [0.2, 0.25) is 0 Å². The van der Waals surface area contributed by atoms with Crippen LogP contribution < -0.4 is 5.73 Å². The zero-order chi connectivity index (χ0) is 22.1. The van der Waals surface area contributed by atoms with Gasteiger partial charge < -0.3 is 5.73 Å². The second-order valence-electron chi connectivity index (χ2n) is 8.92. The maximum Gasteiger partial charge on any atom is 0.419 e. The average Bonchev–Trinajstić information content (AvgIpc) is 3.06. The smallest absolute Gasteiger partial charge is 0.383 e. The van der Waals surface area contributed by atoms with Gasteiger partial charge in [-0.3, -0.25) is 9.58 Å². The Morgan fingerprint density at radius 2 is 2.00 bits per heavy atom. The lowest BCUT2D eigenvalue weighted by Gasteiger charge is -2.39. The van der Waals surface area contributed by atoms with Crippen LogP contribution in [0.5, 0.6) is 0 Å². The number of rotatable bonds is 5. The molecule has 2 unspecified atom stereocenters. The minimum atomic E-state index is -4.57. The molecule has 3 aliphatic rings. The van der Waals surface area contributed by atoms with Crippen molar-refractivity contribution in [2.24, 2.45) is 5.92 Å². The summed E-state index contributed by atoms with van der Waals surface area (Å²) in [5, 5.41) is 4.67. The molecule has 166 valence electrons. The summed E-state index contributed by atoms with van der Waals surface area (Å²) in [6, 6.07) is 3.33. The van der Waals surface area contributed by atoms with Gasteiger partial charge >= 0.3 is 6.18 Å². The Kier molecular flexibility index (Phi) is 4.66. The molecule has 2 N–H and O–H groups in total. The lowest BCUT2D eigenvalue weighted by Crippen LogP contribution is -2.52. The average molecular weight is 435 g/mol. The van der Waals surface area contributed by atoms with Gasteiger partial charge in [-0.2, -0.15) is 18.3 Å². The number of pyridine rings is 1. The van der Waals surface area contributed by atoms with Gasteiger partial charge in [-0.25, -0.2) is 9.37 Å². The van der Waals surface area contributed by atoms with Crippen LogP contribution in [0.25, 0.3) is 11.3 Å². The standard InChI is InChI=1S/C22H25F4N5/c1-3-11(2)31-19(20-15-5-14(6-16(15)20)30-9-13(23)10-30)7-18(29-31)12-4-17(22(24,25)26)21(27)28-8-12/h4-5,7-8,11,13-14,16,20H,3,6,9-10H2,1-2H3,(H2,27,28)/t11?,14?,16-,20-/m1/s1. The Morgan fingerprint density at radius 1 is 1.26 bits per heavy atom. The molecule has 5 nitrogen and oxygen atoms in total. The van der Waals surface area contributed by atoms with Gasteiger partial charge in [-0.1, -0.05) is 18.6 Å². The third-order valence-corrected chi connectivity index (χ3v) is 6.91. The van der Waals surface area contributed by atoms with E-state index in [0.717, 1.165) is 24.6 Å². The number of anilines is 1. The molecule has 2 fully saturated rings. The van der Waals surface area contributed by atoms with E-state index in [9.17, 15) is 17.6 Å². The lowest BCUT2D eigenvalue weighted by atomic mass is 10.0. The summed E-state index contributed by atoms with van der Waals surface area (Å²) in [6.45, 7) is 5.13. The van der Waals surface area contributed by atoms with Gasteiger partial charge in [-0.05, 0) is 37.8 Å². The summed E-state index contributed by atoms with van der Waals surface area (Å²) in [5.74, 6) is 0.108. The molecule has 31 heavy (non-hydrogen) atoms. The minimum absolute atomic E-state index is 0.118. The molecular formula is C22H25F4N5. The number of nitrogens with zero attached hydrogens (tertiary/aromatic N) is 4. The molecule has 2 aromatic rings. The van der Waals surface area contributed by atoms with Crippen LogP contribution in [-0.2, 0) is 6.18 Å². The van der Waals surface area contributed by atoms with Crippen LogP contribution in [0.15, 0.2) is 30.0 Å². The molecule has 1 saturated heterocycles. The fourth-order valence-corrected chi connectivity index (χ4v) is 4.90. The second kappa shape index (κ2) is 7.05. The van der Waals surface area contributed by atoms with Crippen molar-refractivity contribution in [3.8, 4) is 11.3 Å². The fraction of sp³-hybridized carbons (Fsp3) is 0.545. The van der Waals surface area contributed by atoms with E-state index in [4.69, 9.17) is 5.73 Å². The highest BCUT2D eigenvalue weighted by Crippen LogP contribution is 2.61. The third-order valence-electron chi connectivity index (χ3n) is 6.91. The van der Waals surface area contributed by atoms with E-state index >= 15 is 0 Å². The van der Waals surface area contributed by atoms with Crippen LogP contribution in [-0.4, -0.2) is 45.0 Å². The topological polar surface area (TPSA) is 60.0 Å². The maximum absolute atomic E-state index is 13.3. The SMILES string of the molecule is CCC(C)n1nc(-c2cnc(N)c(C(F)(F)F)c2)cc1[C@@H]1C2=CC(N3CC(F)C3)C[C@H]21. The van der Waals surface area contributed by atoms with Crippen molar-refractivity contribution in [3.63, 3.8) is 0 Å². The molecule has 5 rings (SSSR count). The number of likely N-dealkylation sites (tertiary alicyclic amines) is 1. The fourth-order valence-electron chi connectivity index (χ4n) is 4.90. The molecule has 2 aromatic heterocycles. The van der Waals surface area contributed by atoms with Gasteiger partial charge in [0.05, 0.1) is 11.3 Å². The molecule has 0 amide bonds. The van der Waals surface area contributed by atoms with Crippen molar-refractivity contribution in [2.75, 3.05) is 18.8 Å². The number of fused-ring (bicyclic) bond motifs is 1. The summed E-state index contributed by atoms with van der Waals surface area (Å²) >= 11 is 0. The normalized spacial score (nSPS) is 27.0. The predicted molar refractivity (Wildman–Crippen MR) is 109 cm³/mol. The Bertz CT molecular complexity index is 1040. The Balaban J connectivity index is 1.46. The first kappa shape index (κ1) is 20.5. The number of nitrogens with two attached hydrogens (primary N) is 1. The summed E-state index contributed by atoms with van der Waals surface area (Å²) < 4.78 is 55.0. The summed E-state index contributed by atoms with van der Waals surface area (Å²) in [6.07, 6.45) is 0.134. The molecule has 1 aliphatic heterocycles. The molecule has 0 aromatic carbocycles. The van der Waals surface area contributed by atoms with E-state index in [0.29, 0.717) is 36.3 Å². The Labute approximate surface area is 177 Å². The first-order valence-electron chi connectivity index (χ1n) is 10.7. The number of hydrogen-bond donors (Lipinski definition) is 1. The number of hydrogen-bond acceptors (Lipinski definition) is 4. The van der Waals surface area contributed by atoms with Gasteiger partial charge in [0.15, 0.2) is 0 Å². The molecule has 9 heteroatoms. The van der Waals surface area contributed by atoms with Gasteiger partial charge in [0.2, 0.25) is 0 Å². The van der Waals surface area contributed by atoms with Crippen LogP contribution in [0.1, 0.15) is 49.9 Å². The van der Waals surface area contributed by atoms with E-state index in [-0.39, 0.29) is 12.0 Å². The van der Waals surface area contributed by atoms with Gasteiger partial charge in [-0.15, -0.1) is 0 Å². The molecular weight excluding hydrogens is 410 g/mol. The van der Waals surface area contributed by atoms with Crippen molar-refractivity contribution in [2.45, 2.75) is 57.0 Å². The van der Waals surface area contributed by atoms with Crippen molar-refractivity contribution < 1.29 is 17.6 Å². The monoisotopic (exact) mass is 435 g/mol. The van der Waals surface area contributed by atoms with Crippen LogP contribution >= 0.6 is 0 Å². The largest absolute Gasteiger partial charge is 0.419 e. The van der Waals surface area contributed by atoms with Crippen molar-refractivity contribution in [1.82, 2.24) is 19.7 Å². The number of allylic oxidation sites excluding steroid dienone is 1. The second-order valence-corrected chi connectivity index (χ2v) is 8.92. The van der Waals surface area contributed by atoms with E-state index < -0.39 is 23.7 Å². The summed E-state index contributed by atoms with van der Waals surface area (Å²) in [4.78, 5) is 5.92. The van der Waals surface area contributed by atoms with E-state index in [2.05, 4.69) is 34.9 Å². The third kappa shape index (κ3) is 3.43. The lowest BCUT2D eigenvalue weighted by molar-refractivity contribution is -0.137. The van der Waals surface area contributed by atoms with E-state index in [1.165, 1.54) is 11.8 Å². The van der Waals surface area contributed by atoms with Crippen LogP contribution in [0, 0.1) is 5.92 Å². The molecule has 0 radical (unpaired) electrons. The summed E-state index contributed by atoms with van der Waals surface area (Å²) in [5.41, 5.74) is 7.64. The van der Waals surface area contributed by atoms with Gasteiger partial charge in [0.25, 0.3) is 0 Å². The van der Waals surface area contributed by atoms with Crippen LogP contribution in [0.3, 0.4) is 0 Å². The Morgan fingerprint density at radius 3 is 2.58 bits per heavy atom. The predicted octanol–water partition coefficient (Wildman–Crippen LogP) is 4.58. The number of nitrogen functional groups attached to an aromatic ring is 1. The minimum Gasteiger partial charge on any atom is -0.383 e. The van der Waals surface area contributed by atoms with E-state index in [1.54, 1.807) is 0 Å². The number of aromatic nitrogens is 3. The van der Waals surface area contributed by atoms with Crippen molar-refractivity contribution >= 4 is 5.82 Å². The quantitative estimate of drug-likeness (QED) is 0.552. The van der Waals surface area contributed by atoms with E-state index in [1.807, 2.05) is 10.7 Å². The molecule has 2 aliphatic carbocycles. The maximum atomic E-state index is 13.3. The highest BCUT2D eigenvalue weighted by atomic mass is 19.4. The van der Waals surface area contributed by atoms with Crippen LogP contribution in [0.4, 0.5) is 23.4 Å². The number of alkyl halides is 4. The highest BCUT2D eigenvalue weighted by molar-refractivity contribution is 5.64. The molecule has 0 bridgehead atoms. The molecule has 4 atom stereocenters. The zero-order valence-corrected chi connectivity index (χ0v) is 17.4. The molecule has 0 spiro atoms. The summed E-state index contributed by atoms with van der Waals surface area (Å²) in [7, 11) is 0.